The molecule has 0 saturated heterocycles. The fraction of sp³-hybridized carbons (Fsp3) is 0.346. The lowest BCUT2D eigenvalue weighted by Crippen LogP contribution is -2.46. The van der Waals surface area contributed by atoms with Gasteiger partial charge in [0.05, 0.1) is 16.4 Å². The first kappa shape index (κ1) is 33.1. The van der Waals surface area contributed by atoms with Gasteiger partial charge in [0.15, 0.2) is 0 Å². The molecule has 236 valence electrons. The number of alkyl halides is 1. The average molecular weight is 669 g/mol. The maximum Gasteiger partial charge on any atom is 0.327 e. The van der Waals surface area contributed by atoms with E-state index in [1.54, 1.807) is 36.4 Å². The summed E-state index contributed by atoms with van der Waals surface area (Å²) in [5.74, 6) is -0.484. The number of nitrogens with one attached hydrogen (secondary N) is 1. The first-order valence-corrected chi connectivity index (χ1v) is 16.6. The Morgan fingerprint density at radius 3 is 2.70 bits per heavy atom. The van der Waals surface area contributed by atoms with Crippen LogP contribution in [0.2, 0.25) is 0 Å². The quantitative estimate of drug-likeness (QED) is 0.127. The van der Waals surface area contributed by atoms with Crippen molar-refractivity contribution in [2.24, 2.45) is 5.14 Å². The number of thioether (sulfide) groups is 1. The zero-order valence-corrected chi connectivity index (χ0v) is 25.5. The standard InChI is InChI=1S/C26H29FN6O8S3/c27-7-9-40-18-3-1-2-16(10-18)14-42-15-21(25(36)37)29-24(35)22(6-8-34)33-12-17(31-32-33)13-41-19-4-5-20-23(11-19)43-26(30-20)44(28,38)39/h1-5,10-12,21-22,34H,6-9,13-15H2,(H,29,35)(H,36,37)(H2,28,38,39)/t21-,22+/m0/s1. The number of aromatic nitrogens is 4. The van der Waals surface area contributed by atoms with Crippen LogP contribution in [0.3, 0.4) is 0 Å². The number of rotatable bonds is 17. The van der Waals surface area contributed by atoms with Gasteiger partial charge in [-0.2, -0.15) is 11.8 Å². The Labute approximate surface area is 259 Å². The summed E-state index contributed by atoms with van der Waals surface area (Å²) in [7, 11) is -3.94. The number of fused-ring (bicyclic) bond motifs is 1. The average Bonchev–Trinajstić information content (AvgIpc) is 3.64. The summed E-state index contributed by atoms with van der Waals surface area (Å²) >= 11 is 2.19. The number of carboxylic acid groups (broad SMARTS) is 1. The molecule has 0 unspecified atom stereocenters. The topological polar surface area (TPSA) is 209 Å². The molecule has 2 heterocycles. The van der Waals surface area contributed by atoms with E-state index >= 15 is 0 Å². The van der Waals surface area contributed by atoms with E-state index in [2.05, 4.69) is 20.6 Å². The number of halogens is 1. The molecule has 1 amide bonds. The maximum atomic E-state index is 13.1. The van der Waals surface area contributed by atoms with Gasteiger partial charge in [0.1, 0.15) is 49.2 Å². The second-order valence-electron chi connectivity index (χ2n) is 9.26. The van der Waals surface area contributed by atoms with E-state index in [0.29, 0.717) is 33.2 Å². The van der Waals surface area contributed by atoms with Crippen LogP contribution >= 0.6 is 23.1 Å². The Bertz CT molecular complexity index is 1700. The van der Waals surface area contributed by atoms with Crippen molar-refractivity contribution in [2.75, 3.05) is 25.6 Å². The molecule has 0 aliphatic heterocycles. The second-order valence-corrected chi connectivity index (χ2v) is 13.1. The van der Waals surface area contributed by atoms with Gasteiger partial charge in [-0.25, -0.2) is 32.4 Å². The fourth-order valence-electron chi connectivity index (χ4n) is 3.91. The third-order valence-corrected chi connectivity index (χ3v) is 9.41. The molecule has 0 bridgehead atoms. The molecule has 2 aromatic heterocycles. The Kier molecular flexibility index (Phi) is 11.5. The SMILES string of the molecule is NS(=O)(=O)c1nc2ccc(OCc3cn([C@H](CCO)C(=O)N[C@@H](CSCc4cccc(OCCF)c4)C(=O)O)nn3)cc2s1. The monoisotopic (exact) mass is 668 g/mol. The van der Waals surface area contributed by atoms with Gasteiger partial charge in [-0.1, -0.05) is 17.3 Å². The van der Waals surface area contributed by atoms with Crippen molar-refractivity contribution in [1.29, 1.82) is 0 Å². The Morgan fingerprint density at radius 1 is 1.18 bits per heavy atom. The van der Waals surface area contributed by atoms with Gasteiger partial charge in [0, 0.05) is 24.5 Å². The molecule has 2 atom stereocenters. The number of hydrogen-bond donors (Lipinski definition) is 4. The number of carboxylic acids is 1. The van der Waals surface area contributed by atoms with Crippen molar-refractivity contribution in [3.8, 4) is 11.5 Å². The molecule has 0 fully saturated rings. The van der Waals surface area contributed by atoms with Gasteiger partial charge < -0.3 is 25.0 Å². The molecule has 0 saturated carbocycles. The first-order chi connectivity index (χ1) is 21.1. The number of amides is 1. The number of ether oxygens (including phenoxy) is 2. The van der Waals surface area contributed by atoms with Crippen molar-refractivity contribution in [3.63, 3.8) is 0 Å². The molecule has 0 aliphatic rings. The molecule has 14 nitrogen and oxygen atoms in total. The van der Waals surface area contributed by atoms with E-state index < -0.39 is 40.7 Å². The number of carbonyl (C=O) groups is 2. The van der Waals surface area contributed by atoms with Crippen LogP contribution in [0.15, 0.2) is 53.0 Å². The highest BCUT2D eigenvalue weighted by molar-refractivity contribution is 7.98. The normalized spacial score (nSPS) is 13.0. The van der Waals surface area contributed by atoms with Crippen molar-refractivity contribution >= 4 is 55.2 Å². The summed E-state index contributed by atoms with van der Waals surface area (Å²) < 4.78 is 48.1. The van der Waals surface area contributed by atoms with Crippen molar-refractivity contribution < 1.29 is 42.1 Å². The molecule has 0 aliphatic carbocycles. The Morgan fingerprint density at radius 2 is 1.98 bits per heavy atom. The van der Waals surface area contributed by atoms with Gasteiger partial charge in [0.2, 0.25) is 10.2 Å². The van der Waals surface area contributed by atoms with Gasteiger partial charge in [-0.3, -0.25) is 4.79 Å². The van der Waals surface area contributed by atoms with E-state index in [4.69, 9.17) is 14.6 Å². The molecule has 18 heteroatoms. The number of primary sulfonamides is 1. The number of aliphatic hydroxyl groups is 1. The predicted octanol–water partition coefficient (Wildman–Crippen LogP) is 1.89. The number of aliphatic carboxylic acids is 1. The number of nitrogens with zero attached hydrogens (tertiary/aromatic N) is 4. The molecule has 0 radical (unpaired) electrons. The van der Waals surface area contributed by atoms with E-state index in [1.165, 1.54) is 22.6 Å². The van der Waals surface area contributed by atoms with Crippen molar-refractivity contribution in [2.45, 2.75) is 35.2 Å². The van der Waals surface area contributed by atoms with Crippen LogP contribution in [0.5, 0.6) is 11.5 Å². The first-order valence-electron chi connectivity index (χ1n) is 13.0. The summed E-state index contributed by atoms with van der Waals surface area (Å²) in [6.07, 6.45) is 1.40. The number of hydrogen-bond acceptors (Lipinski definition) is 12. The van der Waals surface area contributed by atoms with Gasteiger partial charge >= 0.3 is 5.97 Å². The molecular formula is C26H29FN6O8S3. The highest BCUT2D eigenvalue weighted by Gasteiger charge is 2.27. The molecule has 2 aromatic carbocycles. The molecule has 4 rings (SSSR count). The van der Waals surface area contributed by atoms with Gasteiger partial charge in [0.25, 0.3) is 10.0 Å². The van der Waals surface area contributed by atoms with Crippen LogP contribution in [0.25, 0.3) is 10.2 Å². The summed E-state index contributed by atoms with van der Waals surface area (Å²) in [6, 6.07) is 9.55. The number of carbonyl (C=O) groups excluding carboxylic acids is 1. The lowest BCUT2D eigenvalue weighted by Gasteiger charge is -2.20. The molecule has 4 aromatic rings. The van der Waals surface area contributed by atoms with E-state index in [0.717, 1.165) is 16.9 Å². The summed E-state index contributed by atoms with van der Waals surface area (Å²) in [4.78, 5) is 29.0. The van der Waals surface area contributed by atoms with Crippen molar-refractivity contribution in [3.05, 3.63) is 59.9 Å². The molecule has 44 heavy (non-hydrogen) atoms. The van der Waals surface area contributed by atoms with Gasteiger partial charge in [-0.05, 0) is 35.9 Å². The summed E-state index contributed by atoms with van der Waals surface area (Å²) in [5, 5.41) is 34.9. The number of thiazole rings is 1. The summed E-state index contributed by atoms with van der Waals surface area (Å²) in [6.45, 7) is -1.09. The summed E-state index contributed by atoms with van der Waals surface area (Å²) in [5.41, 5.74) is 1.64. The third kappa shape index (κ3) is 9.08. The second kappa shape index (κ2) is 15.2. The van der Waals surface area contributed by atoms with Crippen LogP contribution in [-0.2, 0) is 32.0 Å². The number of sulfonamides is 1. The Balaban J connectivity index is 1.34. The smallest absolute Gasteiger partial charge is 0.327 e. The molecule has 5 N–H and O–H groups in total. The largest absolute Gasteiger partial charge is 0.491 e. The fourth-order valence-corrected chi connectivity index (χ4v) is 6.59. The minimum atomic E-state index is -3.94. The van der Waals surface area contributed by atoms with Crippen molar-refractivity contribution in [1.82, 2.24) is 25.3 Å². The molecule has 0 spiro atoms. The van der Waals surface area contributed by atoms with E-state index in [1.807, 2.05) is 6.07 Å². The maximum absolute atomic E-state index is 13.1. The van der Waals surface area contributed by atoms with Gasteiger partial charge in [-0.15, -0.1) is 16.4 Å². The van der Waals surface area contributed by atoms with Crippen LogP contribution in [-0.4, -0.2) is 82.2 Å². The number of aliphatic hydroxyl groups excluding tert-OH is 1. The highest BCUT2D eigenvalue weighted by Crippen LogP contribution is 2.28. The van der Waals surface area contributed by atoms with E-state index in [9.17, 15) is 32.6 Å². The third-order valence-electron chi connectivity index (χ3n) is 5.96. The zero-order valence-electron chi connectivity index (χ0n) is 23.0. The van der Waals surface area contributed by atoms with Crippen LogP contribution in [0.1, 0.15) is 23.7 Å². The van der Waals surface area contributed by atoms with Crippen LogP contribution in [0.4, 0.5) is 4.39 Å². The predicted molar refractivity (Wildman–Crippen MR) is 160 cm³/mol. The van der Waals surface area contributed by atoms with Crippen LogP contribution < -0.4 is 19.9 Å². The molecular weight excluding hydrogens is 640 g/mol. The zero-order chi connectivity index (χ0) is 31.7. The minimum absolute atomic E-state index is 0.0466. The number of nitrogens with two attached hydrogens (primary N) is 1. The number of benzene rings is 2. The van der Waals surface area contributed by atoms with E-state index in [-0.39, 0.29) is 36.3 Å². The lowest BCUT2D eigenvalue weighted by molar-refractivity contribution is -0.141. The Hall–Kier alpha value is -3.84. The minimum Gasteiger partial charge on any atom is -0.491 e. The van der Waals surface area contributed by atoms with Crippen LogP contribution in [0, 0.1) is 0 Å². The lowest BCUT2D eigenvalue weighted by atomic mass is 10.2. The highest BCUT2D eigenvalue weighted by atomic mass is 32.2.